The molecule has 0 aliphatic carbocycles. The molecule has 1 saturated heterocycles. The number of azide groups is 1. The summed E-state index contributed by atoms with van der Waals surface area (Å²) in [7, 11) is 0. The summed E-state index contributed by atoms with van der Waals surface area (Å²) < 4.78 is 0. The summed E-state index contributed by atoms with van der Waals surface area (Å²) in [5, 5.41) is 3.87. The fourth-order valence-electron chi connectivity index (χ4n) is 1.45. The van der Waals surface area contributed by atoms with Gasteiger partial charge in [0.1, 0.15) is 5.15 Å². The highest BCUT2D eigenvalue weighted by molar-refractivity contribution is 6.29. The molecular formula is C9H8ClN5O. The summed E-state index contributed by atoms with van der Waals surface area (Å²) in [4.78, 5) is 19.9. The van der Waals surface area contributed by atoms with Gasteiger partial charge in [-0.15, -0.1) is 0 Å². The zero-order valence-corrected chi connectivity index (χ0v) is 9.00. The van der Waals surface area contributed by atoms with Crippen molar-refractivity contribution >= 4 is 17.5 Å². The first-order valence-electron chi connectivity index (χ1n) is 4.66. The van der Waals surface area contributed by atoms with Gasteiger partial charge in [0.15, 0.2) is 0 Å². The fourth-order valence-corrected chi connectivity index (χ4v) is 1.56. The first kappa shape index (κ1) is 10.7. The molecular weight excluding hydrogens is 230 g/mol. The molecule has 0 N–H and O–H groups in total. The second-order valence-electron chi connectivity index (χ2n) is 3.44. The standard InChI is InChI=1S/C9H8ClN5O/c10-8-2-1-6(3-12-8)9(16)15-4-7(5-15)13-14-11/h1-3,7H,4-5H2. The highest BCUT2D eigenvalue weighted by Gasteiger charge is 2.30. The van der Waals surface area contributed by atoms with Gasteiger partial charge in [0.25, 0.3) is 5.91 Å². The van der Waals surface area contributed by atoms with Crippen LogP contribution in [-0.4, -0.2) is 34.9 Å². The Morgan fingerprint density at radius 3 is 2.94 bits per heavy atom. The van der Waals surface area contributed by atoms with Crippen LogP contribution in [0.15, 0.2) is 23.4 Å². The van der Waals surface area contributed by atoms with Gasteiger partial charge in [-0.05, 0) is 17.7 Å². The molecule has 1 aromatic heterocycles. The van der Waals surface area contributed by atoms with Crippen molar-refractivity contribution in [1.82, 2.24) is 9.88 Å². The van der Waals surface area contributed by atoms with Crippen LogP contribution in [0.25, 0.3) is 10.4 Å². The molecule has 0 aromatic carbocycles. The predicted molar refractivity (Wildman–Crippen MR) is 58.1 cm³/mol. The van der Waals surface area contributed by atoms with Crippen LogP contribution >= 0.6 is 11.6 Å². The Kier molecular flexibility index (Phi) is 2.94. The van der Waals surface area contributed by atoms with E-state index in [9.17, 15) is 4.79 Å². The lowest BCUT2D eigenvalue weighted by Gasteiger charge is -2.36. The Hall–Kier alpha value is -1.78. The molecule has 7 heteroatoms. The molecule has 16 heavy (non-hydrogen) atoms. The number of carbonyl (C=O) groups is 1. The SMILES string of the molecule is [N-]=[N+]=NC1CN(C(=O)c2ccc(Cl)nc2)C1. The van der Waals surface area contributed by atoms with Gasteiger partial charge in [0, 0.05) is 24.2 Å². The molecule has 0 unspecified atom stereocenters. The quantitative estimate of drug-likeness (QED) is 0.340. The first-order chi connectivity index (χ1) is 7.70. The van der Waals surface area contributed by atoms with Gasteiger partial charge in [-0.3, -0.25) is 4.79 Å². The van der Waals surface area contributed by atoms with Crippen molar-refractivity contribution in [3.05, 3.63) is 39.5 Å². The lowest BCUT2D eigenvalue weighted by molar-refractivity contribution is 0.0608. The van der Waals surface area contributed by atoms with Crippen LogP contribution in [0.2, 0.25) is 5.15 Å². The summed E-state index contributed by atoms with van der Waals surface area (Å²) in [6.07, 6.45) is 1.44. The summed E-state index contributed by atoms with van der Waals surface area (Å²) in [5.74, 6) is -0.117. The van der Waals surface area contributed by atoms with Gasteiger partial charge in [-0.25, -0.2) is 4.98 Å². The Morgan fingerprint density at radius 1 is 1.62 bits per heavy atom. The molecule has 1 aromatic rings. The van der Waals surface area contributed by atoms with Crippen molar-refractivity contribution in [2.24, 2.45) is 5.11 Å². The Bertz CT molecular complexity index is 447. The van der Waals surface area contributed by atoms with E-state index in [-0.39, 0.29) is 11.9 Å². The molecule has 0 atom stereocenters. The van der Waals surface area contributed by atoms with Crippen LogP contribution in [0.5, 0.6) is 0 Å². The topological polar surface area (TPSA) is 82.0 Å². The Morgan fingerprint density at radius 2 is 2.38 bits per heavy atom. The molecule has 1 fully saturated rings. The summed E-state index contributed by atoms with van der Waals surface area (Å²) in [6.45, 7) is 0.928. The number of hydrogen-bond acceptors (Lipinski definition) is 3. The average molecular weight is 238 g/mol. The van der Waals surface area contributed by atoms with Crippen molar-refractivity contribution in [2.45, 2.75) is 6.04 Å². The molecule has 1 amide bonds. The van der Waals surface area contributed by atoms with Crippen LogP contribution in [0, 0.1) is 0 Å². The van der Waals surface area contributed by atoms with E-state index in [0.29, 0.717) is 23.8 Å². The first-order valence-corrected chi connectivity index (χ1v) is 5.03. The smallest absolute Gasteiger partial charge is 0.255 e. The molecule has 2 rings (SSSR count). The van der Waals surface area contributed by atoms with Gasteiger partial charge < -0.3 is 4.90 Å². The number of hydrogen-bond donors (Lipinski definition) is 0. The number of rotatable bonds is 2. The number of amides is 1. The number of halogens is 1. The van der Waals surface area contributed by atoms with E-state index in [1.165, 1.54) is 6.20 Å². The van der Waals surface area contributed by atoms with Gasteiger partial charge in [0.05, 0.1) is 11.6 Å². The fraction of sp³-hybridized carbons (Fsp3) is 0.333. The maximum Gasteiger partial charge on any atom is 0.255 e. The van der Waals surface area contributed by atoms with Crippen molar-refractivity contribution in [3.8, 4) is 0 Å². The Balaban J connectivity index is 2.00. The van der Waals surface area contributed by atoms with E-state index < -0.39 is 0 Å². The molecule has 82 valence electrons. The van der Waals surface area contributed by atoms with E-state index >= 15 is 0 Å². The van der Waals surface area contributed by atoms with Crippen LogP contribution in [0.1, 0.15) is 10.4 Å². The summed E-state index contributed by atoms with van der Waals surface area (Å²) in [5.41, 5.74) is 8.69. The van der Waals surface area contributed by atoms with E-state index in [2.05, 4.69) is 15.0 Å². The number of nitrogens with zero attached hydrogens (tertiary/aromatic N) is 5. The Labute approximate surface area is 96.5 Å². The summed E-state index contributed by atoms with van der Waals surface area (Å²) >= 11 is 5.62. The zero-order valence-electron chi connectivity index (χ0n) is 8.25. The highest BCUT2D eigenvalue weighted by atomic mass is 35.5. The molecule has 0 radical (unpaired) electrons. The molecule has 0 saturated carbocycles. The van der Waals surface area contributed by atoms with Crippen LogP contribution in [0.3, 0.4) is 0 Å². The van der Waals surface area contributed by atoms with E-state index in [1.54, 1.807) is 17.0 Å². The van der Waals surface area contributed by atoms with Crippen molar-refractivity contribution in [1.29, 1.82) is 0 Å². The maximum atomic E-state index is 11.8. The normalized spacial score (nSPS) is 15.2. The van der Waals surface area contributed by atoms with Gasteiger partial charge in [-0.1, -0.05) is 16.7 Å². The van der Waals surface area contributed by atoms with Gasteiger partial charge >= 0.3 is 0 Å². The molecule has 1 aliphatic heterocycles. The highest BCUT2D eigenvalue weighted by Crippen LogP contribution is 2.16. The third kappa shape index (κ3) is 2.08. The minimum atomic E-state index is -0.117. The van der Waals surface area contributed by atoms with Crippen LogP contribution in [-0.2, 0) is 0 Å². The van der Waals surface area contributed by atoms with Gasteiger partial charge in [-0.2, -0.15) is 0 Å². The average Bonchev–Trinajstić information content (AvgIpc) is 2.23. The monoisotopic (exact) mass is 237 g/mol. The van der Waals surface area contributed by atoms with Crippen LogP contribution in [0.4, 0.5) is 0 Å². The third-order valence-electron chi connectivity index (χ3n) is 2.34. The zero-order chi connectivity index (χ0) is 11.5. The lowest BCUT2D eigenvalue weighted by Crippen LogP contribution is -2.52. The van der Waals surface area contributed by atoms with Crippen molar-refractivity contribution in [3.63, 3.8) is 0 Å². The maximum absolute atomic E-state index is 11.8. The minimum absolute atomic E-state index is 0.103. The van der Waals surface area contributed by atoms with E-state index in [0.717, 1.165) is 0 Å². The van der Waals surface area contributed by atoms with Crippen molar-refractivity contribution < 1.29 is 4.79 Å². The molecule has 2 heterocycles. The number of aromatic nitrogens is 1. The molecule has 6 nitrogen and oxygen atoms in total. The number of likely N-dealkylation sites (tertiary alicyclic amines) is 1. The number of carbonyl (C=O) groups excluding carboxylic acids is 1. The van der Waals surface area contributed by atoms with E-state index in [4.69, 9.17) is 17.1 Å². The van der Waals surface area contributed by atoms with E-state index in [1.807, 2.05) is 0 Å². The number of pyridine rings is 1. The third-order valence-corrected chi connectivity index (χ3v) is 2.56. The molecule has 0 spiro atoms. The minimum Gasteiger partial charge on any atom is -0.338 e. The second-order valence-corrected chi connectivity index (χ2v) is 3.83. The van der Waals surface area contributed by atoms with Crippen LogP contribution < -0.4 is 0 Å². The van der Waals surface area contributed by atoms with Crippen molar-refractivity contribution in [2.75, 3.05) is 13.1 Å². The second kappa shape index (κ2) is 4.38. The molecule has 1 aliphatic rings. The largest absolute Gasteiger partial charge is 0.338 e. The summed E-state index contributed by atoms with van der Waals surface area (Å²) in [6, 6.07) is 3.09. The lowest BCUT2D eigenvalue weighted by atomic mass is 10.1. The molecule has 0 bridgehead atoms. The van der Waals surface area contributed by atoms with Gasteiger partial charge in [0.2, 0.25) is 0 Å². The predicted octanol–water partition coefficient (Wildman–Crippen LogP) is 1.87.